The number of hydrogen-bond donors (Lipinski definition) is 3. The Kier molecular flexibility index (Phi) is 7.92. The first-order chi connectivity index (χ1) is 15.5. The van der Waals surface area contributed by atoms with E-state index in [1.54, 1.807) is 25.3 Å². The van der Waals surface area contributed by atoms with Gasteiger partial charge in [0, 0.05) is 11.8 Å². The van der Waals surface area contributed by atoms with Crippen LogP contribution in [0.2, 0.25) is 0 Å². The molecule has 1 amide bonds. The second-order valence-corrected chi connectivity index (χ2v) is 7.42. The molecule has 3 rings (SSSR count). The van der Waals surface area contributed by atoms with Crippen LogP contribution in [0.15, 0.2) is 58.8 Å². The summed E-state index contributed by atoms with van der Waals surface area (Å²) >= 11 is 1.16. The standard InChI is InChI=1S/C21H25N7O3S/c1-4-16(14-8-6-5-7-9-14)24-25-20-26-27-21(28(20)22)32-13-19(29)23-15-10-11-17(30-2)18(12-15)31-3/h5-12H,4,13,22H2,1-3H3,(H,23,29)(H,25,26)/b24-16+. The predicted molar refractivity (Wildman–Crippen MR) is 126 cm³/mol. The minimum absolute atomic E-state index is 0.0944. The van der Waals surface area contributed by atoms with Gasteiger partial charge in [-0.1, -0.05) is 49.0 Å². The molecular formula is C21H25N7O3S. The van der Waals surface area contributed by atoms with E-state index in [4.69, 9.17) is 15.3 Å². The van der Waals surface area contributed by atoms with E-state index in [1.165, 1.54) is 11.8 Å². The number of nitrogens with one attached hydrogen (secondary N) is 2. The first-order valence-corrected chi connectivity index (χ1v) is 10.8. The van der Waals surface area contributed by atoms with Crippen LogP contribution in [-0.4, -0.2) is 46.5 Å². The Morgan fingerprint density at radius 3 is 2.56 bits per heavy atom. The number of carbonyl (C=O) groups is 1. The molecule has 11 heteroatoms. The van der Waals surface area contributed by atoms with Crippen LogP contribution in [-0.2, 0) is 4.79 Å². The Labute approximate surface area is 190 Å². The zero-order valence-corrected chi connectivity index (χ0v) is 18.8. The number of amides is 1. The largest absolute Gasteiger partial charge is 0.493 e. The van der Waals surface area contributed by atoms with Crippen LogP contribution in [0.25, 0.3) is 0 Å². The van der Waals surface area contributed by atoms with Gasteiger partial charge in [0.25, 0.3) is 5.95 Å². The predicted octanol–water partition coefficient (Wildman–Crippen LogP) is 2.97. The molecule has 32 heavy (non-hydrogen) atoms. The second kappa shape index (κ2) is 11.0. The molecule has 2 aromatic carbocycles. The maximum atomic E-state index is 12.3. The van der Waals surface area contributed by atoms with Gasteiger partial charge in [0.1, 0.15) is 0 Å². The number of methoxy groups -OCH3 is 2. The van der Waals surface area contributed by atoms with Crippen LogP contribution >= 0.6 is 11.8 Å². The molecule has 1 aromatic heterocycles. The number of nitrogens with two attached hydrogens (primary N) is 1. The van der Waals surface area contributed by atoms with Crippen molar-refractivity contribution < 1.29 is 14.3 Å². The Balaban J connectivity index is 1.59. The summed E-state index contributed by atoms with van der Waals surface area (Å²) in [4.78, 5) is 12.3. The molecule has 0 unspecified atom stereocenters. The molecule has 3 aromatic rings. The zero-order chi connectivity index (χ0) is 22.9. The van der Waals surface area contributed by atoms with Crippen LogP contribution in [0.4, 0.5) is 11.6 Å². The molecule has 0 aliphatic heterocycles. The molecule has 0 bridgehead atoms. The number of anilines is 2. The fourth-order valence-corrected chi connectivity index (χ4v) is 3.45. The minimum Gasteiger partial charge on any atom is -0.493 e. The molecule has 168 valence electrons. The Hall–Kier alpha value is -3.73. The average molecular weight is 456 g/mol. The molecular weight excluding hydrogens is 430 g/mol. The number of nitrogens with zero attached hydrogens (tertiary/aromatic N) is 4. The van der Waals surface area contributed by atoms with Gasteiger partial charge < -0.3 is 20.6 Å². The van der Waals surface area contributed by atoms with Crippen molar-refractivity contribution in [3.63, 3.8) is 0 Å². The van der Waals surface area contributed by atoms with E-state index >= 15 is 0 Å². The van der Waals surface area contributed by atoms with Crippen molar-refractivity contribution in [2.24, 2.45) is 5.10 Å². The zero-order valence-electron chi connectivity index (χ0n) is 18.0. The number of rotatable bonds is 10. The van der Waals surface area contributed by atoms with E-state index < -0.39 is 0 Å². The van der Waals surface area contributed by atoms with Gasteiger partial charge in [-0.25, -0.2) is 10.1 Å². The van der Waals surface area contributed by atoms with E-state index in [-0.39, 0.29) is 17.6 Å². The van der Waals surface area contributed by atoms with Gasteiger partial charge in [-0.2, -0.15) is 5.10 Å². The quantitative estimate of drug-likeness (QED) is 0.184. The van der Waals surface area contributed by atoms with Crippen molar-refractivity contribution >= 4 is 35.0 Å². The maximum Gasteiger partial charge on any atom is 0.264 e. The summed E-state index contributed by atoms with van der Waals surface area (Å²) < 4.78 is 11.7. The Morgan fingerprint density at radius 2 is 1.88 bits per heavy atom. The van der Waals surface area contributed by atoms with Crippen LogP contribution in [0.5, 0.6) is 11.5 Å². The topological polar surface area (TPSA) is 129 Å². The van der Waals surface area contributed by atoms with Gasteiger partial charge in [0.2, 0.25) is 11.1 Å². The van der Waals surface area contributed by atoms with Crippen molar-refractivity contribution in [1.29, 1.82) is 0 Å². The smallest absolute Gasteiger partial charge is 0.264 e. The highest BCUT2D eigenvalue weighted by atomic mass is 32.2. The Morgan fingerprint density at radius 1 is 1.12 bits per heavy atom. The fourth-order valence-electron chi connectivity index (χ4n) is 2.79. The SMILES string of the molecule is CC/C(=N\Nc1nnc(SCC(=O)Nc2ccc(OC)c(OC)c2)n1N)c1ccccc1. The molecule has 0 saturated heterocycles. The summed E-state index contributed by atoms with van der Waals surface area (Å²) in [6.45, 7) is 2.01. The molecule has 1 heterocycles. The van der Waals surface area contributed by atoms with Gasteiger partial charge in [-0.05, 0) is 24.1 Å². The lowest BCUT2D eigenvalue weighted by atomic mass is 10.1. The summed E-state index contributed by atoms with van der Waals surface area (Å²) in [5.74, 6) is 7.30. The van der Waals surface area contributed by atoms with Crippen LogP contribution in [0.1, 0.15) is 18.9 Å². The van der Waals surface area contributed by atoms with Gasteiger partial charge in [0.05, 0.1) is 25.7 Å². The van der Waals surface area contributed by atoms with Gasteiger partial charge in [-0.15, -0.1) is 10.2 Å². The average Bonchev–Trinajstić information content (AvgIpc) is 3.18. The molecule has 0 fully saturated rings. The Bertz CT molecular complexity index is 1090. The number of benzene rings is 2. The first-order valence-electron chi connectivity index (χ1n) is 9.78. The van der Waals surface area contributed by atoms with Gasteiger partial charge in [0.15, 0.2) is 11.5 Å². The summed E-state index contributed by atoms with van der Waals surface area (Å²) in [7, 11) is 3.08. The van der Waals surface area contributed by atoms with E-state index in [9.17, 15) is 4.79 Å². The number of carbonyl (C=O) groups excluding carboxylic acids is 1. The van der Waals surface area contributed by atoms with E-state index in [2.05, 4.69) is 26.0 Å². The van der Waals surface area contributed by atoms with Crippen molar-refractivity contribution in [1.82, 2.24) is 14.9 Å². The molecule has 0 aliphatic carbocycles. The lowest BCUT2D eigenvalue weighted by Gasteiger charge is -2.10. The normalized spacial score (nSPS) is 11.2. The van der Waals surface area contributed by atoms with Crippen LogP contribution < -0.4 is 26.1 Å². The second-order valence-electron chi connectivity index (χ2n) is 6.47. The maximum absolute atomic E-state index is 12.3. The number of hydrazone groups is 1. The molecule has 0 radical (unpaired) electrons. The fraction of sp³-hybridized carbons (Fsp3) is 0.238. The molecule has 0 spiro atoms. The van der Waals surface area contributed by atoms with Crippen molar-refractivity contribution in [2.75, 3.05) is 36.6 Å². The molecule has 0 aliphatic rings. The summed E-state index contributed by atoms with van der Waals surface area (Å²) in [5.41, 5.74) is 5.30. The van der Waals surface area contributed by atoms with Gasteiger partial charge in [-0.3, -0.25) is 4.79 Å². The molecule has 0 atom stereocenters. The third kappa shape index (κ3) is 5.70. The van der Waals surface area contributed by atoms with Crippen molar-refractivity contribution in [3.8, 4) is 11.5 Å². The minimum atomic E-state index is -0.227. The molecule has 4 N–H and O–H groups in total. The first kappa shape index (κ1) is 22.9. The number of thioether (sulfide) groups is 1. The summed E-state index contributed by atoms with van der Waals surface area (Å²) in [5, 5.41) is 15.6. The van der Waals surface area contributed by atoms with Crippen molar-refractivity contribution in [2.45, 2.75) is 18.5 Å². The third-order valence-electron chi connectivity index (χ3n) is 4.40. The highest BCUT2D eigenvalue weighted by Crippen LogP contribution is 2.29. The molecule has 10 nitrogen and oxygen atoms in total. The summed E-state index contributed by atoms with van der Waals surface area (Å²) in [6.07, 6.45) is 0.730. The third-order valence-corrected chi connectivity index (χ3v) is 5.34. The van der Waals surface area contributed by atoms with E-state index in [0.717, 1.165) is 29.5 Å². The lowest BCUT2D eigenvalue weighted by molar-refractivity contribution is -0.113. The number of ether oxygens (including phenoxy) is 2. The van der Waals surface area contributed by atoms with Crippen molar-refractivity contribution in [3.05, 3.63) is 54.1 Å². The van der Waals surface area contributed by atoms with Gasteiger partial charge >= 0.3 is 0 Å². The number of hydrogen-bond acceptors (Lipinski definition) is 9. The van der Waals surface area contributed by atoms with Crippen LogP contribution in [0, 0.1) is 0 Å². The van der Waals surface area contributed by atoms with E-state index in [1.807, 2.05) is 37.3 Å². The van der Waals surface area contributed by atoms with Crippen LogP contribution in [0.3, 0.4) is 0 Å². The molecule has 0 saturated carbocycles. The number of nitrogen functional groups attached to an aromatic ring is 1. The monoisotopic (exact) mass is 455 g/mol. The lowest BCUT2D eigenvalue weighted by Crippen LogP contribution is -2.17. The summed E-state index contributed by atoms with van der Waals surface area (Å²) in [6, 6.07) is 15.0. The number of aromatic nitrogens is 3. The highest BCUT2D eigenvalue weighted by molar-refractivity contribution is 7.99. The highest BCUT2D eigenvalue weighted by Gasteiger charge is 2.13. The van der Waals surface area contributed by atoms with E-state index in [0.29, 0.717) is 22.3 Å².